The van der Waals surface area contributed by atoms with Gasteiger partial charge >= 0.3 is 0 Å². The summed E-state index contributed by atoms with van der Waals surface area (Å²) in [6.45, 7) is 8.65. The number of benzene rings is 6. The molecular formula is C81H89N9O16. The highest BCUT2D eigenvalue weighted by atomic mass is 16.6. The number of hydrogen-bond acceptors (Lipinski definition) is 18. The number of allylic oxidation sites excluding steroid dienone is 2. The third-order valence-electron chi connectivity index (χ3n) is 19.0. The van der Waals surface area contributed by atoms with Crippen LogP contribution < -0.4 is 49.9 Å². The Hall–Kier alpha value is -11.0. The van der Waals surface area contributed by atoms with E-state index < -0.39 is 23.9 Å². The molecule has 6 aliphatic rings. The first-order chi connectivity index (χ1) is 51.5. The van der Waals surface area contributed by atoms with Gasteiger partial charge < -0.3 is 78.6 Å². The minimum Gasteiger partial charge on any atom is -0.497 e. The fourth-order valence-corrected chi connectivity index (χ4v) is 13.2. The molecule has 0 saturated heterocycles. The van der Waals surface area contributed by atoms with Gasteiger partial charge in [0.2, 0.25) is 29.5 Å². The van der Waals surface area contributed by atoms with Crippen molar-refractivity contribution in [2.75, 3.05) is 104 Å². The van der Waals surface area contributed by atoms with Gasteiger partial charge in [-0.2, -0.15) is 0 Å². The summed E-state index contributed by atoms with van der Waals surface area (Å²) in [7, 11) is 4.65. The van der Waals surface area contributed by atoms with E-state index in [0.717, 1.165) is 51.3 Å². The number of nitrogens with zero attached hydrogens (tertiary/aromatic N) is 5. The lowest BCUT2D eigenvalue weighted by Gasteiger charge is -2.27. The molecule has 1 aliphatic carbocycles. The molecule has 6 aromatic rings. The normalized spacial score (nSPS) is 16.4. The van der Waals surface area contributed by atoms with Crippen molar-refractivity contribution in [3.63, 3.8) is 0 Å². The molecule has 7 amide bonds. The SMILES string of the molecule is COc1ccc(C2=CN3C(=O)c4cc(OC)c(OCCCOc5cc6c(cc5OC)C(=O)N5C=C(c7ccc(NC(=O)[C@H](C)NC(=O)[C@@H](NC(=O)CCOCCOCCOCCOCCNC(=O)CCC(=O)N8Cc9ccccc9C9=C(C9)c9ccccc98)C(C)C)cc7)CC5C=N6)cc4N=C[C@@H]3C2)cc1. The number of fused-ring (bicyclic) bond motifs is 8. The van der Waals surface area contributed by atoms with Gasteiger partial charge in [0.05, 0.1) is 134 Å². The maximum Gasteiger partial charge on any atom is 0.260 e. The Balaban J connectivity index is 0.501. The number of carbonyl (C=O) groups is 7. The molecule has 0 aromatic heterocycles. The molecule has 4 atom stereocenters. The molecule has 5 heterocycles. The lowest BCUT2D eigenvalue weighted by atomic mass is 10.0. The lowest BCUT2D eigenvalue weighted by molar-refractivity contribution is -0.132. The van der Waals surface area contributed by atoms with E-state index in [2.05, 4.69) is 39.5 Å². The van der Waals surface area contributed by atoms with Crippen molar-refractivity contribution in [1.29, 1.82) is 0 Å². The summed E-state index contributed by atoms with van der Waals surface area (Å²) in [5.41, 5.74) is 12.8. The topological polar surface area (TPSA) is 285 Å². The van der Waals surface area contributed by atoms with Crippen molar-refractivity contribution in [2.24, 2.45) is 15.9 Å². The van der Waals surface area contributed by atoms with Crippen molar-refractivity contribution >= 4 is 98.8 Å². The highest BCUT2D eigenvalue weighted by Crippen LogP contribution is 2.52. The molecule has 1 unspecified atom stereocenters. The van der Waals surface area contributed by atoms with Crippen LogP contribution in [0.3, 0.4) is 0 Å². The van der Waals surface area contributed by atoms with Crippen molar-refractivity contribution < 1.29 is 76.2 Å². The molecule has 4 N–H and O–H groups in total. The number of aliphatic imine (C=N–C) groups is 2. The molecule has 25 nitrogen and oxygen atoms in total. The summed E-state index contributed by atoms with van der Waals surface area (Å²) in [5, 5.41) is 11.2. The first kappa shape index (κ1) is 74.7. The van der Waals surface area contributed by atoms with Gasteiger partial charge in [-0.3, -0.25) is 43.5 Å². The number of anilines is 2. The molecule has 25 heteroatoms. The van der Waals surface area contributed by atoms with Gasteiger partial charge in [0.25, 0.3) is 11.8 Å². The first-order valence-corrected chi connectivity index (χ1v) is 35.8. The van der Waals surface area contributed by atoms with E-state index >= 15 is 0 Å². The van der Waals surface area contributed by atoms with E-state index in [-0.39, 0.29) is 99.8 Å². The second-order valence-electron chi connectivity index (χ2n) is 26.6. The van der Waals surface area contributed by atoms with E-state index in [4.69, 9.17) is 52.6 Å². The number of carbonyl (C=O) groups excluding carboxylic acids is 7. The zero-order valence-corrected chi connectivity index (χ0v) is 60.4. The van der Waals surface area contributed by atoms with Crippen LogP contribution in [0.2, 0.25) is 0 Å². The smallest absolute Gasteiger partial charge is 0.260 e. The van der Waals surface area contributed by atoms with Gasteiger partial charge in [0.15, 0.2) is 23.0 Å². The number of rotatable bonds is 35. The lowest BCUT2D eigenvalue weighted by Crippen LogP contribution is -2.53. The zero-order chi connectivity index (χ0) is 74.2. The molecular weight excluding hydrogens is 1350 g/mol. The molecule has 6 aromatic carbocycles. The van der Waals surface area contributed by atoms with Crippen molar-refractivity contribution in [2.45, 2.75) is 96.4 Å². The molecule has 0 saturated carbocycles. The van der Waals surface area contributed by atoms with Crippen LogP contribution in [-0.2, 0) is 49.5 Å². The van der Waals surface area contributed by atoms with E-state index in [1.54, 1.807) is 91.4 Å². The largest absolute Gasteiger partial charge is 0.497 e. The predicted octanol–water partition coefficient (Wildman–Crippen LogP) is 10.3. The van der Waals surface area contributed by atoms with Crippen LogP contribution in [-0.4, -0.2) is 182 Å². The first-order valence-electron chi connectivity index (χ1n) is 35.8. The van der Waals surface area contributed by atoms with Gasteiger partial charge in [-0.25, -0.2) is 0 Å². The molecule has 554 valence electrons. The number of ether oxygens (including phenoxy) is 9. The number of methoxy groups -OCH3 is 3. The van der Waals surface area contributed by atoms with Gasteiger partial charge in [0.1, 0.15) is 17.8 Å². The Morgan fingerprint density at radius 3 is 1.64 bits per heavy atom. The summed E-state index contributed by atoms with van der Waals surface area (Å²) in [5.74, 6) is -0.0581. The van der Waals surface area contributed by atoms with Crippen LogP contribution in [0.25, 0.3) is 22.3 Å². The molecule has 5 aliphatic heterocycles. The summed E-state index contributed by atoms with van der Waals surface area (Å²) >= 11 is 0. The average Bonchev–Trinajstić information content (AvgIpc) is 1.59. The quantitative estimate of drug-likeness (QED) is 0.0269. The third kappa shape index (κ3) is 18.2. The fraction of sp³-hybridized carbons (Fsp3) is 0.370. The maximum atomic E-state index is 14.2. The summed E-state index contributed by atoms with van der Waals surface area (Å²) in [4.78, 5) is 109. The minimum atomic E-state index is -0.946. The monoisotopic (exact) mass is 1440 g/mol. The molecule has 0 fully saturated rings. The minimum absolute atomic E-state index is 0.00548. The Kier molecular flexibility index (Phi) is 24.8. The van der Waals surface area contributed by atoms with E-state index in [1.165, 1.54) is 30.9 Å². The van der Waals surface area contributed by atoms with Crippen molar-refractivity contribution in [1.82, 2.24) is 25.8 Å². The van der Waals surface area contributed by atoms with Crippen molar-refractivity contribution in [3.05, 3.63) is 173 Å². The zero-order valence-electron chi connectivity index (χ0n) is 60.4. The van der Waals surface area contributed by atoms with Crippen LogP contribution in [0, 0.1) is 5.92 Å². The highest BCUT2D eigenvalue weighted by Gasteiger charge is 2.37. The van der Waals surface area contributed by atoms with E-state index in [0.29, 0.717) is 117 Å². The van der Waals surface area contributed by atoms with Gasteiger partial charge in [-0.1, -0.05) is 80.6 Å². The Labute approximate surface area is 615 Å². The second kappa shape index (κ2) is 35.2. The van der Waals surface area contributed by atoms with Crippen LogP contribution >= 0.6 is 0 Å². The maximum absolute atomic E-state index is 14.2. The Morgan fingerprint density at radius 2 is 1.07 bits per heavy atom. The summed E-state index contributed by atoms with van der Waals surface area (Å²) in [6.07, 6.45) is 9.87. The fourth-order valence-electron chi connectivity index (χ4n) is 13.2. The number of amides is 7. The number of nitrogens with one attached hydrogen (secondary N) is 4. The van der Waals surface area contributed by atoms with Crippen LogP contribution in [0.1, 0.15) is 114 Å². The molecule has 0 spiro atoms. The average molecular weight is 1440 g/mol. The Morgan fingerprint density at radius 1 is 0.528 bits per heavy atom. The summed E-state index contributed by atoms with van der Waals surface area (Å²) < 4.78 is 51.4. The van der Waals surface area contributed by atoms with Crippen LogP contribution in [0.5, 0.6) is 28.7 Å². The molecule has 0 bridgehead atoms. The van der Waals surface area contributed by atoms with Gasteiger partial charge in [-0.15, -0.1) is 0 Å². The molecule has 12 rings (SSSR count). The van der Waals surface area contributed by atoms with Gasteiger partial charge in [-0.05, 0) is 106 Å². The van der Waals surface area contributed by atoms with Crippen LogP contribution in [0.15, 0.2) is 144 Å². The Bertz CT molecular complexity index is 4420. The highest BCUT2D eigenvalue weighted by molar-refractivity contribution is 6.13. The number of hydrogen-bond donors (Lipinski definition) is 4. The van der Waals surface area contributed by atoms with Crippen LogP contribution in [0.4, 0.5) is 22.7 Å². The third-order valence-corrected chi connectivity index (χ3v) is 19.0. The standard InChI is InChI=1S/C81H89N9O16/c1-50(2)77(87-75(92)26-30-101-32-34-103-36-37-104-35-33-102-31-27-82-74(91)24-25-76(93)90-47-54-12-7-8-13-61(54)63-40-64(63)62-14-9-10-15-69(62)90)79(95)85-51(3)78(94)86-57-20-16-52(17-21-57)55-38-58-45-83-67-43-72(70(99-5)41-65(67)80(96)88(58)48-55)105-28-11-29-106-73-44-68-66(42-71(73)100-6)81(97)89-49-56(39-59(89)46-84-68)53-18-22-60(98-4)23-19-53/h7-10,12-23,41-46,48-51,58-59,77H,11,24-40,47H2,1-6H3,(H,82,91)(H,85,95)(H,86,94)(H,87,92)/t51-,58?,59-,77-/m0/s1. The molecule has 0 radical (unpaired) electrons. The van der Waals surface area contributed by atoms with Crippen molar-refractivity contribution in [3.8, 4) is 28.7 Å². The summed E-state index contributed by atoms with van der Waals surface area (Å²) in [6, 6.07) is 35.4. The second-order valence-corrected chi connectivity index (χ2v) is 26.6. The number of para-hydroxylation sites is 1. The van der Waals surface area contributed by atoms with E-state index in [9.17, 15) is 33.6 Å². The van der Waals surface area contributed by atoms with E-state index in [1.807, 2.05) is 79.1 Å². The molecule has 106 heavy (non-hydrogen) atoms. The van der Waals surface area contributed by atoms with Gasteiger partial charge in [0, 0.05) is 93.3 Å². The predicted molar refractivity (Wildman–Crippen MR) is 401 cm³/mol.